The first kappa shape index (κ1) is 14.5. The fourth-order valence-corrected chi connectivity index (χ4v) is 2.81. The fraction of sp³-hybridized carbons (Fsp3) is 0.188. The van der Waals surface area contributed by atoms with Gasteiger partial charge in [0.15, 0.2) is 0 Å². The highest BCUT2D eigenvalue weighted by molar-refractivity contribution is 7.11. The minimum atomic E-state index is -0.307. The van der Waals surface area contributed by atoms with E-state index in [1.807, 2.05) is 36.0 Å². The Morgan fingerprint density at radius 1 is 1.32 bits per heavy atom. The van der Waals surface area contributed by atoms with Crippen molar-refractivity contribution < 1.29 is 9.53 Å². The molecule has 2 aromatic heterocycles. The molecule has 3 rings (SSSR count). The Hall–Kier alpha value is -2.47. The number of carbonyl (C=O) groups excluding carboxylic acids is 1. The number of imidazole rings is 1. The average Bonchev–Trinajstić information content (AvgIpc) is 3.19. The number of hydrogen-bond donors (Lipinski definition) is 0. The molecule has 112 valence electrons. The van der Waals surface area contributed by atoms with E-state index in [0.717, 1.165) is 15.6 Å². The summed E-state index contributed by atoms with van der Waals surface area (Å²) in [5, 5.41) is 1.02. The lowest BCUT2D eigenvalue weighted by molar-refractivity contribution is 0.0510. The minimum Gasteiger partial charge on any atom is -0.462 e. The summed E-state index contributed by atoms with van der Waals surface area (Å²) in [6.07, 6.45) is 7.80. The van der Waals surface area contributed by atoms with Crippen LogP contribution in [0.3, 0.4) is 0 Å². The third-order valence-corrected chi connectivity index (χ3v) is 4.13. The lowest BCUT2D eigenvalue weighted by Gasteiger charge is -2.05. The molecule has 0 saturated carbocycles. The Morgan fingerprint density at radius 3 is 2.77 bits per heavy atom. The fourth-order valence-electron chi connectivity index (χ4n) is 2.03. The van der Waals surface area contributed by atoms with Crippen LogP contribution >= 0.6 is 11.3 Å². The van der Waals surface area contributed by atoms with E-state index in [4.69, 9.17) is 4.74 Å². The molecule has 6 heteroatoms. The predicted octanol–water partition coefficient (Wildman–Crippen LogP) is 3.04. The van der Waals surface area contributed by atoms with Crippen LogP contribution in [0.5, 0.6) is 0 Å². The van der Waals surface area contributed by atoms with Crippen LogP contribution in [0.25, 0.3) is 5.69 Å². The number of thiazole rings is 1. The van der Waals surface area contributed by atoms with E-state index in [0.29, 0.717) is 18.6 Å². The lowest BCUT2D eigenvalue weighted by Crippen LogP contribution is -2.08. The zero-order valence-corrected chi connectivity index (χ0v) is 12.9. The molecular formula is C16H15N3O2S. The van der Waals surface area contributed by atoms with Gasteiger partial charge in [0.2, 0.25) is 0 Å². The number of hydrogen-bond acceptors (Lipinski definition) is 5. The lowest BCUT2D eigenvalue weighted by atomic mass is 10.2. The molecule has 0 amide bonds. The number of rotatable bonds is 5. The molecule has 0 unspecified atom stereocenters. The summed E-state index contributed by atoms with van der Waals surface area (Å²) in [7, 11) is 0. The van der Waals surface area contributed by atoms with E-state index in [1.54, 1.807) is 36.0 Å². The van der Waals surface area contributed by atoms with Gasteiger partial charge in [-0.3, -0.25) is 0 Å². The van der Waals surface area contributed by atoms with Crippen LogP contribution in [0.2, 0.25) is 0 Å². The number of nitrogens with zero attached hydrogens (tertiary/aromatic N) is 3. The van der Waals surface area contributed by atoms with Crippen molar-refractivity contribution in [2.24, 2.45) is 0 Å². The predicted molar refractivity (Wildman–Crippen MR) is 84.4 cm³/mol. The third-order valence-electron chi connectivity index (χ3n) is 3.16. The third kappa shape index (κ3) is 3.40. The maximum atomic E-state index is 12.0. The number of aromatic nitrogens is 3. The van der Waals surface area contributed by atoms with E-state index in [2.05, 4.69) is 9.97 Å². The summed E-state index contributed by atoms with van der Waals surface area (Å²) in [5.41, 5.74) is 1.50. The molecule has 0 spiro atoms. The molecule has 2 heterocycles. The van der Waals surface area contributed by atoms with E-state index < -0.39 is 0 Å². The number of ether oxygens (including phenoxy) is 1. The summed E-state index contributed by atoms with van der Waals surface area (Å²) in [5.74, 6) is -0.307. The highest BCUT2D eigenvalue weighted by atomic mass is 32.1. The van der Waals surface area contributed by atoms with Crippen molar-refractivity contribution in [3.63, 3.8) is 0 Å². The first-order chi connectivity index (χ1) is 10.7. The molecule has 3 aromatic rings. The zero-order chi connectivity index (χ0) is 15.4. The van der Waals surface area contributed by atoms with Gasteiger partial charge in [0.05, 0.1) is 23.5 Å². The van der Waals surface area contributed by atoms with Gasteiger partial charge < -0.3 is 9.30 Å². The largest absolute Gasteiger partial charge is 0.462 e. The van der Waals surface area contributed by atoms with Crippen LogP contribution in [0, 0.1) is 6.92 Å². The molecule has 0 fully saturated rings. The van der Waals surface area contributed by atoms with Gasteiger partial charge >= 0.3 is 5.97 Å². The van der Waals surface area contributed by atoms with Crippen molar-refractivity contribution in [3.05, 3.63) is 64.6 Å². The molecule has 0 bridgehead atoms. The maximum Gasteiger partial charge on any atom is 0.338 e. The first-order valence-electron chi connectivity index (χ1n) is 6.89. The summed E-state index contributed by atoms with van der Waals surface area (Å²) in [6.45, 7) is 2.33. The van der Waals surface area contributed by atoms with Crippen molar-refractivity contribution in [1.82, 2.24) is 14.5 Å². The quantitative estimate of drug-likeness (QED) is 0.679. The van der Waals surface area contributed by atoms with Crippen LogP contribution in [0.1, 0.15) is 20.2 Å². The molecule has 0 saturated heterocycles. The van der Waals surface area contributed by atoms with Gasteiger partial charge in [0.25, 0.3) is 0 Å². The molecule has 5 nitrogen and oxygen atoms in total. The monoisotopic (exact) mass is 313 g/mol. The van der Waals surface area contributed by atoms with Crippen LogP contribution in [-0.2, 0) is 11.2 Å². The van der Waals surface area contributed by atoms with Gasteiger partial charge in [0, 0.05) is 35.6 Å². The molecule has 0 aliphatic heterocycles. The molecule has 22 heavy (non-hydrogen) atoms. The van der Waals surface area contributed by atoms with Crippen LogP contribution in [0.15, 0.2) is 49.2 Å². The second-order valence-electron chi connectivity index (χ2n) is 4.75. The van der Waals surface area contributed by atoms with Crippen LogP contribution in [0.4, 0.5) is 0 Å². The van der Waals surface area contributed by atoms with Gasteiger partial charge in [0.1, 0.15) is 0 Å². The SMILES string of the molecule is Cc1ncc(CCOC(=O)c2ccc(-n3ccnc3)cc2)s1. The van der Waals surface area contributed by atoms with E-state index in [9.17, 15) is 4.79 Å². The van der Waals surface area contributed by atoms with Crippen molar-refractivity contribution in [2.75, 3.05) is 6.61 Å². The first-order valence-corrected chi connectivity index (χ1v) is 7.71. The van der Waals surface area contributed by atoms with Gasteiger partial charge in [-0.25, -0.2) is 14.8 Å². The Morgan fingerprint density at radius 2 is 2.14 bits per heavy atom. The van der Waals surface area contributed by atoms with Gasteiger partial charge in [-0.1, -0.05) is 0 Å². The average molecular weight is 313 g/mol. The van der Waals surface area contributed by atoms with Crippen molar-refractivity contribution >= 4 is 17.3 Å². The number of carbonyl (C=O) groups is 1. The van der Waals surface area contributed by atoms with Gasteiger partial charge in [-0.2, -0.15) is 0 Å². The van der Waals surface area contributed by atoms with Crippen LogP contribution < -0.4 is 0 Å². The van der Waals surface area contributed by atoms with E-state index in [1.165, 1.54) is 0 Å². The number of benzene rings is 1. The molecule has 1 aromatic carbocycles. The summed E-state index contributed by atoms with van der Waals surface area (Å²) in [6, 6.07) is 7.25. The highest BCUT2D eigenvalue weighted by Gasteiger charge is 2.08. The molecule has 0 radical (unpaired) electrons. The van der Waals surface area contributed by atoms with E-state index >= 15 is 0 Å². The second-order valence-corrected chi connectivity index (χ2v) is 6.07. The van der Waals surface area contributed by atoms with Crippen molar-refractivity contribution in [2.45, 2.75) is 13.3 Å². The number of esters is 1. The molecular weight excluding hydrogens is 298 g/mol. The Balaban J connectivity index is 1.56. The van der Waals surface area contributed by atoms with Gasteiger partial charge in [-0.05, 0) is 31.2 Å². The molecule has 0 aliphatic rings. The van der Waals surface area contributed by atoms with Crippen LogP contribution in [-0.4, -0.2) is 27.1 Å². The van der Waals surface area contributed by atoms with Crippen molar-refractivity contribution in [1.29, 1.82) is 0 Å². The minimum absolute atomic E-state index is 0.307. The molecule has 0 N–H and O–H groups in total. The smallest absolute Gasteiger partial charge is 0.338 e. The zero-order valence-electron chi connectivity index (χ0n) is 12.1. The summed E-state index contributed by atoms with van der Waals surface area (Å²) < 4.78 is 7.17. The normalized spacial score (nSPS) is 10.6. The summed E-state index contributed by atoms with van der Waals surface area (Å²) >= 11 is 1.62. The standard InChI is InChI=1S/C16H15N3O2S/c1-12-18-10-15(22-12)6-9-21-16(20)13-2-4-14(5-3-13)19-8-7-17-11-19/h2-5,7-8,10-11H,6,9H2,1H3. The van der Waals surface area contributed by atoms with Crippen molar-refractivity contribution in [3.8, 4) is 5.69 Å². The second kappa shape index (κ2) is 6.53. The summed E-state index contributed by atoms with van der Waals surface area (Å²) in [4.78, 5) is 21.3. The Bertz CT molecular complexity index is 748. The van der Waals surface area contributed by atoms with Gasteiger partial charge in [-0.15, -0.1) is 11.3 Å². The molecule has 0 aliphatic carbocycles. The Kier molecular flexibility index (Phi) is 4.29. The topological polar surface area (TPSA) is 57.0 Å². The maximum absolute atomic E-state index is 12.0. The highest BCUT2D eigenvalue weighted by Crippen LogP contribution is 2.13. The van der Waals surface area contributed by atoms with E-state index in [-0.39, 0.29) is 5.97 Å². The Labute approximate surface area is 132 Å². The molecule has 0 atom stereocenters. The number of aryl methyl sites for hydroxylation is 1.